The Labute approximate surface area is 504 Å². The predicted octanol–water partition coefficient (Wildman–Crippen LogP) is 22.9. The first-order valence-corrected chi connectivity index (χ1v) is 30.8. The van der Waals surface area contributed by atoms with E-state index in [1.54, 1.807) is 0 Å². The van der Waals surface area contributed by atoms with Crippen molar-refractivity contribution in [2.45, 2.75) is 39.5 Å². The molecule has 4 heteroatoms. The maximum Gasteiger partial charge on any atom is 0.135 e. The van der Waals surface area contributed by atoms with Crippen LogP contribution in [0.15, 0.2) is 283 Å². The van der Waals surface area contributed by atoms with Crippen molar-refractivity contribution in [1.29, 1.82) is 0 Å². The van der Waals surface area contributed by atoms with Gasteiger partial charge in [0, 0.05) is 64.5 Å². The summed E-state index contributed by atoms with van der Waals surface area (Å²) >= 11 is 1.86. The van der Waals surface area contributed by atoms with Crippen molar-refractivity contribution in [3.8, 4) is 39.1 Å². The van der Waals surface area contributed by atoms with Crippen LogP contribution in [-0.4, -0.2) is 4.57 Å². The van der Waals surface area contributed by atoms with Crippen LogP contribution in [0.4, 0.5) is 17.1 Å². The Morgan fingerprint density at radius 3 is 1.52 bits per heavy atom. The molecule has 3 nitrogen and oxygen atoms in total. The fourth-order valence-electron chi connectivity index (χ4n) is 13.2. The summed E-state index contributed by atoms with van der Waals surface area (Å²) in [6.07, 6.45) is 3.59. The van der Waals surface area contributed by atoms with Gasteiger partial charge < -0.3 is 13.9 Å². The first-order valence-electron chi connectivity index (χ1n) is 30.0. The highest BCUT2D eigenvalue weighted by atomic mass is 32.1. The van der Waals surface area contributed by atoms with Gasteiger partial charge in [0.1, 0.15) is 11.2 Å². The van der Waals surface area contributed by atoms with E-state index in [0.717, 1.165) is 70.4 Å². The van der Waals surface area contributed by atoms with Gasteiger partial charge in [-0.05, 0) is 215 Å². The number of hydrogen-bond donors (Lipinski definition) is 0. The summed E-state index contributed by atoms with van der Waals surface area (Å²) in [5.74, 6) is 0. The second-order valence-electron chi connectivity index (χ2n) is 23.3. The fraction of sp³-hybridized carbons (Fsp3) is 0.0732. The van der Waals surface area contributed by atoms with Crippen molar-refractivity contribution in [2.24, 2.45) is 0 Å². The minimum atomic E-state index is 0.869. The minimum absolute atomic E-state index is 0.869. The van der Waals surface area contributed by atoms with E-state index in [2.05, 4.69) is 302 Å². The van der Waals surface area contributed by atoms with E-state index < -0.39 is 0 Å². The summed E-state index contributed by atoms with van der Waals surface area (Å²) in [5.41, 5.74) is 23.7. The largest absolute Gasteiger partial charge is 0.456 e. The van der Waals surface area contributed by atoms with Gasteiger partial charge in [-0.1, -0.05) is 181 Å². The number of aryl methyl sites for hydroxylation is 6. The smallest absolute Gasteiger partial charge is 0.135 e. The molecular formula is C82H60N2OS. The van der Waals surface area contributed by atoms with Gasteiger partial charge in [-0.25, -0.2) is 0 Å². The molecule has 13 aromatic carbocycles. The Bertz CT molecular complexity index is 5220. The highest BCUT2D eigenvalue weighted by Gasteiger charge is 2.21. The van der Waals surface area contributed by atoms with Crippen molar-refractivity contribution in [3.05, 3.63) is 312 Å². The highest BCUT2D eigenvalue weighted by molar-refractivity contribution is 7.25. The average molecular weight is 1120 g/mol. The number of aromatic nitrogens is 1. The van der Waals surface area contributed by atoms with E-state index in [9.17, 15) is 0 Å². The van der Waals surface area contributed by atoms with E-state index in [0.29, 0.717) is 0 Å². The van der Waals surface area contributed by atoms with E-state index in [-0.39, 0.29) is 0 Å². The highest BCUT2D eigenvalue weighted by Crippen LogP contribution is 2.44. The van der Waals surface area contributed by atoms with Gasteiger partial charge in [0.05, 0.1) is 11.0 Å². The molecule has 0 saturated carbocycles. The lowest BCUT2D eigenvalue weighted by molar-refractivity contribution is 0.669. The third-order valence-corrected chi connectivity index (χ3v) is 18.9. The molecule has 86 heavy (non-hydrogen) atoms. The summed E-state index contributed by atoms with van der Waals surface area (Å²) in [4.78, 5) is 2.49. The Hall–Kier alpha value is -10.3. The molecule has 0 saturated heterocycles. The van der Waals surface area contributed by atoms with Gasteiger partial charge in [-0.3, -0.25) is 0 Å². The topological polar surface area (TPSA) is 21.3 Å². The summed E-state index contributed by atoms with van der Waals surface area (Å²) in [7, 11) is 0. The normalized spacial score (nSPS) is 11.8. The number of thiophene rings is 1. The van der Waals surface area contributed by atoms with Gasteiger partial charge >= 0.3 is 0 Å². The zero-order chi connectivity index (χ0) is 57.2. The maximum atomic E-state index is 6.37. The lowest BCUT2D eigenvalue weighted by Crippen LogP contribution is -2.11. The fourth-order valence-corrected chi connectivity index (χ4v) is 14.3. The third kappa shape index (κ3) is 9.40. The SMILES string of the molecule is Cc1ccc(CCc2cc(N(c3ccc(-c4ccc5sc6ccccc6c5c4)cc3)c3ccc(-c4ccc5c(c4)c4ccccc4n5-c4ccccc4)cc3)cc3c(CCc4ccc(C)cc4)cc(-c4ccc5oc6ccccc6c5c4)cc23)cc1. The molecule has 0 atom stereocenters. The van der Waals surface area contributed by atoms with Crippen LogP contribution < -0.4 is 4.90 Å². The molecular weight excluding hydrogens is 1060 g/mol. The predicted molar refractivity (Wildman–Crippen MR) is 367 cm³/mol. The van der Waals surface area contributed by atoms with E-state index in [4.69, 9.17) is 4.42 Å². The first-order chi connectivity index (χ1) is 42.4. The lowest BCUT2D eigenvalue weighted by Gasteiger charge is -2.28. The summed E-state index contributed by atoms with van der Waals surface area (Å²) in [6.45, 7) is 4.34. The molecule has 0 radical (unpaired) electrons. The van der Waals surface area contributed by atoms with E-state index >= 15 is 0 Å². The average Bonchev–Trinajstić information content (AvgIpc) is 2.45. The van der Waals surface area contributed by atoms with Gasteiger partial charge in [0.25, 0.3) is 0 Å². The summed E-state index contributed by atoms with van der Waals surface area (Å²) in [5, 5.41) is 9.96. The molecule has 0 aliphatic heterocycles. The first kappa shape index (κ1) is 51.4. The Morgan fingerprint density at radius 2 is 0.814 bits per heavy atom. The molecule has 0 spiro atoms. The van der Waals surface area contributed by atoms with Crippen LogP contribution in [0.5, 0.6) is 0 Å². The van der Waals surface area contributed by atoms with Crippen LogP contribution in [0.3, 0.4) is 0 Å². The number of fused-ring (bicyclic) bond motifs is 10. The number of nitrogens with zero attached hydrogens (tertiary/aromatic N) is 2. The van der Waals surface area contributed by atoms with Gasteiger partial charge in [0.15, 0.2) is 0 Å². The molecule has 0 amide bonds. The number of rotatable bonds is 13. The zero-order valence-electron chi connectivity index (χ0n) is 48.1. The standard InChI is InChI=1S/C82H60N2OS/c1-53-20-24-55(25-21-53)28-30-62-46-64(61-37-44-80-75(49-61)70-15-7-10-18-79(70)85-80)51-72-63(31-29-56-26-22-54(2)23-27-56)47-68(52-73(62)72)83(67-41-34-58(35-42-67)60-38-45-82-76(50-60)71-16-8-11-19-81(71)86-82)66-39-32-57(33-40-66)59-36-43-78-74(48-59)69-14-6-9-17-77(69)84(78)65-12-4-3-5-13-65/h3-27,32-52H,28-31H2,1-2H3. The zero-order valence-corrected chi connectivity index (χ0v) is 48.9. The molecule has 3 aromatic heterocycles. The van der Waals surface area contributed by atoms with Crippen LogP contribution >= 0.6 is 11.3 Å². The van der Waals surface area contributed by atoms with Crippen molar-refractivity contribution in [3.63, 3.8) is 0 Å². The molecule has 0 unspecified atom stereocenters. The van der Waals surface area contributed by atoms with Crippen LogP contribution in [-0.2, 0) is 25.7 Å². The van der Waals surface area contributed by atoms with Crippen molar-refractivity contribution >= 4 is 103 Å². The maximum absolute atomic E-state index is 6.37. The molecule has 0 fully saturated rings. The Morgan fingerprint density at radius 1 is 0.314 bits per heavy atom. The number of benzene rings is 13. The molecule has 0 aliphatic rings. The molecule has 16 aromatic rings. The van der Waals surface area contributed by atoms with E-state index in [1.807, 2.05) is 11.3 Å². The van der Waals surface area contributed by atoms with Crippen LogP contribution in [0, 0.1) is 13.8 Å². The van der Waals surface area contributed by atoms with E-state index in [1.165, 1.54) is 120 Å². The number of hydrogen-bond acceptors (Lipinski definition) is 3. The second kappa shape index (κ2) is 21.4. The molecule has 3 heterocycles. The molecule has 410 valence electrons. The Balaban J connectivity index is 0.866. The molecule has 0 N–H and O–H groups in total. The van der Waals surface area contributed by atoms with Crippen LogP contribution in [0.2, 0.25) is 0 Å². The quantitative estimate of drug-likeness (QED) is 0.115. The summed E-state index contributed by atoms with van der Waals surface area (Å²) < 4.78 is 11.4. The number of furan rings is 1. The van der Waals surface area contributed by atoms with Crippen LogP contribution in [0.1, 0.15) is 33.4 Å². The lowest BCUT2D eigenvalue weighted by atomic mass is 9.89. The number of anilines is 3. The van der Waals surface area contributed by atoms with Gasteiger partial charge in [0.2, 0.25) is 0 Å². The van der Waals surface area contributed by atoms with Crippen molar-refractivity contribution in [1.82, 2.24) is 4.57 Å². The van der Waals surface area contributed by atoms with Crippen molar-refractivity contribution < 1.29 is 4.42 Å². The molecule has 0 bridgehead atoms. The third-order valence-electron chi connectivity index (χ3n) is 17.8. The van der Waals surface area contributed by atoms with Crippen molar-refractivity contribution in [2.75, 3.05) is 4.90 Å². The van der Waals surface area contributed by atoms with Gasteiger partial charge in [-0.15, -0.1) is 11.3 Å². The second-order valence-corrected chi connectivity index (χ2v) is 24.4. The summed E-state index contributed by atoms with van der Waals surface area (Å²) in [6, 6.07) is 104. The Kier molecular flexibility index (Phi) is 12.8. The van der Waals surface area contributed by atoms with Crippen LogP contribution in [0.25, 0.3) is 114 Å². The molecule has 16 rings (SSSR count). The minimum Gasteiger partial charge on any atom is -0.456 e. The van der Waals surface area contributed by atoms with Gasteiger partial charge in [-0.2, -0.15) is 0 Å². The number of para-hydroxylation sites is 3. The monoisotopic (exact) mass is 1120 g/mol. The molecule has 0 aliphatic carbocycles.